The molecule has 0 unspecified atom stereocenters. The second kappa shape index (κ2) is 2.48. The lowest BCUT2D eigenvalue weighted by Gasteiger charge is -2.04. The third kappa shape index (κ3) is 1.37. The van der Waals surface area contributed by atoms with Crippen molar-refractivity contribution in [1.82, 2.24) is 9.97 Å². The van der Waals surface area contributed by atoms with Crippen LogP contribution in [0.2, 0.25) is 0 Å². The fourth-order valence-corrected chi connectivity index (χ4v) is 1.09. The highest BCUT2D eigenvalue weighted by Crippen LogP contribution is 2.29. The molecule has 0 aromatic carbocycles. The molecule has 0 aliphatic rings. The quantitative estimate of drug-likeness (QED) is 0.673. The molecule has 0 radical (unpaired) electrons. The van der Waals surface area contributed by atoms with E-state index in [9.17, 15) is 13.2 Å². The number of H-pyrrole nitrogens is 1. The smallest absolute Gasteiger partial charge is 0.346 e. The van der Waals surface area contributed by atoms with E-state index in [1.807, 2.05) is 0 Å². The minimum Gasteiger partial charge on any atom is -0.346 e. The van der Waals surface area contributed by atoms with Crippen LogP contribution in [0.4, 0.5) is 13.2 Å². The molecule has 2 heterocycles. The molecule has 0 amide bonds. The van der Waals surface area contributed by atoms with Crippen molar-refractivity contribution < 1.29 is 13.2 Å². The van der Waals surface area contributed by atoms with E-state index in [0.717, 1.165) is 12.3 Å². The van der Waals surface area contributed by atoms with E-state index in [0.29, 0.717) is 11.0 Å². The summed E-state index contributed by atoms with van der Waals surface area (Å²) in [6.45, 7) is 0. The molecule has 2 rings (SSSR count). The highest BCUT2D eigenvalue weighted by molar-refractivity contribution is 5.75. The first-order valence-corrected chi connectivity index (χ1v) is 3.58. The molecule has 13 heavy (non-hydrogen) atoms. The average molecular weight is 186 g/mol. The second-order valence-electron chi connectivity index (χ2n) is 2.64. The van der Waals surface area contributed by atoms with Crippen LogP contribution in [-0.4, -0.2) is 9.97 Å². The number of pyridine rings is 1. The van der Waals surface area contributed by atoms with Crippen LogP contribution in [0, 0.1) is 0 Å². The standard InChI is InChI=1S/C8H5F3N2/c9-8(10,11)6-3-5-1-2-12-7(5)13-4-6/h1-4H,(H,12,13). The van der Waals surface area contributed by atoms with Gasteiger partial charge in [0.15, 0.2) is 0 Å². The zero-order chi connectivity index (χ0) is 9.47. The molecular weight excluding hydrogens is 181 g/mol. The maximum absolute atomic E-state index is 12.2. The van der Waals surface area contributed by atoms with Crippen LogP contribution >= 0.6 is 0 Å². The highest BCUT2D eigenvalue weighted by atomic mass is 19.4. The van der Waals surface area contributed by atoms with Gasteiger partial charge in [-0.25, -0.2) is 4.98 Å². The number of nitrogens with one attached hydrogen (secondary N) is 1. The lowest BCUT2D eigenvalue weighted by Crippen LogP contribution is -2.04. The fraction of sp³-hybridized carbons (Fsp3) is 0.125. The minimum absolute atomic E-state index is 0.466. The van der Waals surface area contributed by atoms with E-state index in [4.69, 9.17) is 0 Å². The number of aromatic nitrogens is 2. The summed E-state index contributed by atoms with van der Waals surface area (Å²) in [4.78, 5) is 6.35. The predicted molar refractivity (Wildman–Crippen MR) is 41.1 cm³/mol. The van der Waals surface area contributed by atoms with Crippen molar-refractivity contribution in [3.8, 4) is 0 Å². The Kier molecular flexibility index (Phi) is 1.55. The van der Waals surface area contributed by atoms with Crippen molar-refractivity contribution in [2.75, 3.05) is 0 Å². The van der Waals surface area contributed by atoms with E-state index in [1.54, 1.807) is 12.3 Å². The molecule has 0 fully saturated rings. The largest absolute Gasteiger partial charge is 0.417 e. The van der Waals surface area contributed by atoms with Gasteiger partial charge in [-0.05, 0) is 12.1 Å². The Morgan fingerprint density at radius 1 is 1.31 bits per heavy atom. The van der Waals surface area contributed by atoms with Gasteiger partial charge < -0.3 is 4.98 Å². The van der Waals surface area contributed by atoms with Crippen LogP contribution in [-0.2, 0) is 6.18 Å². The van der Waals surface area contributed by atoms with Gasteiger partial charge in [-0.3, -0.25) is 0 Å². The zero-order valence-electron chi connectivity index (χ0n) is 6.39. The first-order valence-electron chi connectivity index (χ1n) is 3.58. The fourth-order valence-electron chi connectivity index (χ4n) is 1.09. The number of fused-ring (bicyclic) bond motifs is 1. The Morgan fingerprint density at radius 2 is 2.08 bits per heavy atom. The molecule has 0 spiro atoms. The lowest BCUT2D eigenvalue weighted by atomic mass is 10.2. The number of hydrogen-bond acceptors (Lipinski definition) is 1. The Morgan fingerprint density at radius 3 is 2.77 bits per heavy atom. The van der Waals surface area contributed by atoms with Gasteiger partial charge >= 0.3 is 6.18 Å². The number of alkyl halides is 3. The van der Waals surface area contributed by atoms with Crippen molar-refractivity contribution in [2.45, 2.75) is 6.18 Å². The highest BCUT2D eigenvalue weighted by Gasteiger charge is 2.30. The molecule has 2 aromatic heterocycles. The Labute approximate surface area is 71.4 Å². The maximum Gasteiger partial charge on any atom is 0.417 e. The van der Waals surface area contributed by atoms with Crippen LogP contribution in [0.5, 0.6) is 0 Å². The molecule has 1 N–H and O–H groups in total. The third-order valence-electron chi connectivity index (χ3n) is 1.73. The van der Waals surface area contributed by atoms with Gasteiger partial charge in [-0.2, -0.15) is 13.2 Å². The normalized spacial score (nSPS) is 12.2. The van der Waals surface area contributed by atoms with Crippen LogP contribution < -0.4 is 0 Å². The Balaban J connectivity index is 2.61. The molecule has 68 valence electrons. The van der Waals surface area contributed by atoms with Gasteiger partial charge in [-0.15, -0.1) is 0 Å². The summed E-state index contributed by atoms with van der Waals surface area (Å²) < 4.78 is 36.5. The number of rotatable bonds is 0. The summed E-state index contributed by atoms with van der Waals surface area (Å²) in [5, 5.41) is 0.467. The minimum atomic E-state index is -4.32. The van der Waals surface area contributed by atoms with Gasteiger partial charge in [0.2, 0.25) is 0 Å². The van der Waals surface area contributed by atoms with E-state index in [1.165, 1.54) is 0 Å². The van der Waals surface area contributed by atoms with Gasteiger partial charge in [0, 0.05) is 17.8 Å². The van der Waals surface area contributed by atoms with Crippen molar-refractivity contribution in [1.29, 1.82) is 0 Å². The number of hydrogen-bond donors (Lipinski definition) is 1. The number of nitrogens with zero attached hydrogens (tertiary/aromatic N) is 1. The van der Waals surface area contributed by atoms with Crippen LogP contribution in [0.1, 0.15) is 5.56 Å². The van der Waals surface area contributed by atoms with Crippen molar-refractivity contribution >= 4 is 11.0 Å². The van der Waals surface area contributed by atoms with E-state index in [2.05, 4.69) is 9.97 Å². The summed E-state index contributed by atoms with van der Waals surface area (Å²) in [5.41, 5.74) is -0.257. The molecule has 5 heteroatoms. The predicted octanol–water partition coefficient (Wildman–Crippen LogP) is 2.58. The van der Waals surface area contributed by atoms with Crippen LogP contribution in [0.25, 0.3) is 11.0 Å². The van der Waals surface area contributed by atoms with Gasteiger partial charge in [0.1, 0.15) is 5.65 Å². The SMILES string of the molecule is FC(F)(F)c1cnc2[nH]ccc2c1. The number of aromatic amines is 1. The molecule has 2 nitrogen and oxygen atoms in total. The van der Waals surface area contributed by atoms with Crippen molar-refractivity contribution in [3.63, 3.8) is 0 Å². The summed E-state index contributed by atoms with van der Waals surface area (Å²) in [6.07, 6.45) is -1.95. The first kappa shape index (κ1) is 8.10. The van der Waals surface area contributed by atoms with Gasteiger partial charge in [0.05, 0.1) is 5.56 Å². The average Bonchev–Trinajstić information content (AvgIpc) is 2.47. The van der Waals surface area contributed by atoms with Crippen molar-refractivity contribution in [3.05, 3.63) is 30.1 Å². The Hall–Kier alpha value is -1.52. The van der Waals surface area contributed by atoms with Gasteiger partial charge in [0.25, 0.3) is 0 Å². The summed E-state index contributed by atoms with van der Waals surface area (Å²) in [6, 6.07) is 2.62. The third-order valence-corrected chi connectivity index (χ3v) is 1.73. The molecule has 2 aromatic rings. The number of halogens is 3. The van der Waals surface area contributed by atoms with Crippen LogP contribution in [0.3, 0.4) is 0 Å². The summed E-state index contributed by atoms with van der Waals surface area (Å²) in [7, 11) is 0. The molecule has 0 saturated heterocycles. The van der Waals surface area contributed by atoms with E-state index in [-0.39, 0.29) is 0 Å². The van der Waals surface area contributed by atoms with Crippen LogP contribution in [0.15, 0.2) is 24.5 Å². The lowest BCUT2D eigenvalue weighted by molar-refractivity contribution is -0.137. The topological polar surface area (TPSA) is 28.7 Å². The summed E-state index contributed by atoms with van der Waals surface area (Å²) >= 11 is 0. The second-order valence-corrected chi connectivity index (χ2v) is 2.64. The van der Waals surface area contributed by atoms with Gasteiger partial charge in [-0.1, -0.05) is 0 Å². The first-order chi connectivity index (χ1) is 6.07. The summed E-state index contributed by atoms with van der Waals surface area (Å²) in [5.74, 6) is 0. The molecule has 0 saturated carbocycles. The van der Waals surface area contributed by atoms with E-state index >= 15 is 0 Å². The molecule has 0 aliphatic carbocycles. The molecular formula is C8H5F3N2. The Bertz CT molecular complexity index is 430. The molecule has 0 aliphatic heterocycles. The van der Waals surface area contributed by atoms with Crippen molar-refractivity contribution in [2.24, 2.45) is 0 Å². The van der Waals surface area contributed by atoms with E-state index < -0.39 is 11.7 Å². The molecule has 0 bridgehead atoms. The zero-order valence-corrected chi connectivity index (χ0v) is 6.39. The molecule has 0 atom stereocenters. The monoisotopic (exact) mass is 186 g/mol. The maximum atomic E-state index is 12.2.